The number of rotatable bonds is 4. The number of nitro benzene ring substituents is 1. The van der Waals surface area contributed by atoms with Gasteiger partial charge < -0.3 is 5.32 Å². The zero-order valence-corrected chi connectivity index (χ0v) is 13.4. The van der Waals surface area contributed by atoms with Crippen LogP contribution in [-0.2, 0) is 5.41 Å². The largest absolute Gasteiger partial charge is 0.371 e. The van der Waals surface area contributed by atoms with Crippen LogP contribution in [-0.4, -0.2) is 9.91 Å². The van der Waals surface area contributed by atoms with E-state index in [9.17, 15) is 10.1 Å². The molecule has 0 saturated heterocycles. The standard InChI is InChI=1S/C15H19N3O2S/c1-10(14-17-13(9-21-14)15(2,3)4)16-11-7-5-6-8-12(11)18(19)20/h5-10,16H,1-4H3. The topological polar surface area (TPSA) is 68.1 Å². The maximum Gasteiger partial charge on any atom is 0.292 e. The van der Waals surface area contributed by atoms with Crippen LogP contribution >= 0.6 is 11.3 Å². The summed E-state index contributed by atoms with van der Waals surface area (Å²) in [6.45, 7) is 8.31. The highest BCUT2D eigenvalue weighted by Gasteiger charge is 2.21. The van der Waals surface area contributed by atoms with E-state index < -0.39 is 0 Å². The molecule has 0 radical (unpaired) electrons. The minimum absolute atomic E-state index is 0.00716. The van der Waals surface area contributed by atoms with Crippen molar-refractivity contribution in [2.45, 2.75) is 39.2 Å². The van der Waals surface area contributed by atoms with Gasteiger partial charge in [0.25, 0.3) is 5.69 Å². The van der Waals surface area contributed by atoms with Crippen LogP contribution in [0, 0.1) is 10.1 Å². The predicted octanol–water partition coefficient (Wildman–Crippen LogP) is 4.52. The number of hydrogen-bond donors (Lipinski definition) is 1. The Kier molecular flexibility index (Phi) is 4.27. The van der Waals surface area contributed by atoms with Gasteiger partial charge in [-0.25, -0.2) is 4.98 Å². The fraction of sp³-hybridized carbons (Fsp3) is 0.400. The van der Waals surface area contributed by atoms with E-state index in [2.05, 4.69) is 31.1 Å². The molecule has 112 valence electrons. The van der Waals surface area contributed by atoms with E-state index in [4.69, 9.17) is 0 Å². The van der Waals surface area contributed by atoms with Gasteiger partial charge in [-0.2, -0.15) is 0 Å². The van der Waals surface area contributed by atoms with Crippen LogP contribution in [0.3, 0.4) is 0 Å². The molecule has 1 unspecified atom stereocenters. The average molecular weight is 305 g/mol. The minimum atomic E-state index is -0.377. The van der Waals surface area contributed by atoms with Crippen LogP contribution in [0.15, 0.2) is 29.6 Å². The molecule has 2 rings (SSSR count). The van der Waals surface area contributed by atoms with Crippen LogP contribution in [0.25, 0.3) is 0 Å². The molecule has 1 aromatic heterocycles. The second-order valence-corrected chi connectivity index (χ2v) is 6.85. The van der Waals surface area contributed by atoms with Gasteiger partial charge in [-0.1, -0.05) is 32.9 Å². The van der Waals surface area contributed by atoms with Crippen molar-refractivity contribution in [2.24, 2.45) is 0 Å². The van der Waals surface area contributed by atoms with E-state index in [0.29, 0.717) is 5.69 Å². The number of benzene rings is 1. The molecule has 0 aliphatic heterocycles. The van der Waals surface area contributed by atoms with Gasteiger partial charge in [-0.05, 0) is 13.0 Å². The molecule has 1 atom stereocenters. The van der Waals surface area contributed by atoms with Crippen molar-refractivity contribution < 1.29 is 4.92 Å². The van der Waals surface area contributed by atoms with E-state index in [1.54, 1.807) is 29.5 Å². The molecule has 1 aromatic carbocycles. The Hall–Kier alpha value is -1.95. The number of nitrogens with zero attached hydrogens (tertiary/aromatic N) is 2. The SMILES string of the molecule is CC(Nc1ccccc1[N+](=O)[O-])c1nc(C(C)(C)C)cs1. The van der Waals surface area contributed by atoms with E-state index in [0.717, 1.165) is 10.7 Å². The first-order valence-electron chi connectivity index (χ1n) is 6.75. The van der Waals surface area contributed by atoms with Gasteiger partial charge in [0.2, 0.25) is 0 Å². The third-order valence-electron chi connectivity index (χ3n) is 3.13. The first-order valence-corrected chi connectivity index (χ1v) is 7.63. The highest BCUT2D eigenvalue weighted by Crippen LogP contribution is 2.31. The molecule has 6 heteroatoms. The Morgan fingerprint density at radius 2 is 2.00 bits per heavy atom. The molecule has 1 heterocycles. The molecular weight excluding hydrogens is 286 g/mol. The van der Waals surface area contributed by atoms with Gasteiger partial charge >= 0.3 is 0 Å². The summed E-state index contributed by atoms with van der Waals surface area (Å²) in [7, 11) is 0. The summed E-state index contributed by atoms with van der Waals surface area (Å²) in [6.07, 6.45) is 0. The maximum absolute atomic E-state index is 11.0. The summed E-state index contributed by atoms with van der Waals surface area (Å²) in [5, 5.41) is 17.2. The lowest BCUT2D eigenvalue weighted by Gasteiger charge is -2.15. The molecule has 0 amide bonds. The zero-order valence-electron chi connectivity index (χ0n) is 12.6. The Bertz CT molecular complexity index is 646. The number of hydrogen-bond acceptors (Lipinski definition) is 5. The second-order valence-electron chi connectivity index (χ2n) is 5.96. The molecule has 0 bridgehead atoms. The van der Waals surface area contributed by atoms with Gasteiger partial charge in [-0.15, -0.1) is 11.3 Å². The number of thiazole rings is 1. The number of anilines is 1. The fourth-order valence-electron chi connectivity index (χ4n) is 1.88. The summed E-state index contributed by atoms with van der Waals surface area (Å²) in [5.74, 6) is 0. The first-order chi connectivity index (χ1) is 9.79. The van der Waals surface area contributed by atoms with Gasteiger partial charge in [0, 0.05) is 16.9 Å². The van der Waals surface area contributed by atoms with Gasteiger partial charge in [0.1, 0.15) is 10.7 Å². The van der Waals surface area contributed by atoms with E-state index in [1.807, 2.05) is 12.3 Å². The van der Waals surface area contributed by atoms with Crippen LogP contribution in [0.1, 0.15) is 44.4 Å². The lowest BCUT2D eigenvalue weighted by molar-refractivity contribution is -0.384. The number of nitrogens with one attached hydrogen (secondary N) is 1. The maximum atomic E-state index is 11.0. The first kappa shape index (κ1) is 15.4. The third kappa shape index (κ3) is 3.58. The molecule has 0 aliphatic rings. The minimum Gasteiger partial charge on any atom is -0.371 e. The summed E-state index contributed by atoms with van der Waals surface area (Å²) < 4.78 is 0. The van der Waals surface area contributed by atoms with Crippen LogP contribution in [0.4, 0.5) is 11.4 Å². The Labute approximate surface area is 128 Å². The molecule has 2 aromatic rings. The normalized spacial score (nSPS) is 13.0. The number of aromatic nitrogens is 1. The van der Waals surface area contributed by atoms with Crippen LogP contribution < -0.4 is 5.32 Å². The van der Waals surface area contributed by atoms with Crippen molar-refractivity contribution in [3.63, 3.8) is 0 Å². The number of para-hydroxylation sites is 2. The summed E-state index contributed by atoms with van der Waals surface area (Å²) in [6, 6.07) is 6.58. The molecule has 0 spiro atoms. The molecule has 0 fully saturated rings. The predicted molar refractivity (Wildman–Crippen MR) is 85.9 cm³/mol. The Balaban J connectivity index is 2.21. The highest BCUT2D eigenvalue weighted by atomic mass is 32.1. The van der Waals surface area contributed by atoms with Crippen molar-refractivity contribution in [1.82, 2.24) is 4.98 Å². The van der Waals surface area contributed by atoms with E-state index in [1.165, 1.54) is 6.07 Å². The molecule has 1 N–H and O–H groups in total. The van der Waals surface area contributed by atoms with E-state index in [-0.39, 0.29) is 22.1 Å². The highest BCUT2D eigenvalue weighted by molar-refractivity contribution is 7.09. The third-order valence-corrected chi connectivity index (χ3v) is 4.16. The molecule has 0 aliphatic carbocycles. The summed E-state index contributed by atoms with van der Waals surface area (Å²) in [5.41, 5.74) is 1.64. The second kappa shape index (κ2) is 5.81. The quantitative estimate of drug-likeness (QED) is 0.666. The lowest BCUT2D eigenvalue weighted by Crippen LogP contribution is -2.13. The van der Waals surface area contributed by atoms with Crippen molar-refractivity contribution in [3.05, 3.63) is 50.5 Å². The van der Waals surface area contributed by atoms with Gasteiger partial charge in [0.05, 0.1) is 16.7 Å². The van der Waals surface area contributed by atoms with Crippen molar-refractivity contribution in [2.75, 3.05) is 5.32 Å². The Morgan fingerprint density at radius 1 is 1.33 bits per heavy atom. The lowest BCUT2D eigenvalue weighted by atomic mass is 9.93. The fourth-order valence-corrected chi connectivity index (χ4v) is 2.93. The zero-order chi connectivity index (χ0) is 15.6. The van der Waals surface area contributed by atoms with E-state index >= 15 is 0 Å². The molecule has 21 heavy (non-hydrogen) atoms. The Morgan fingerprint density at radius 3 is 2.57 bits per heavy atom. The summed E-state index contributed by atoms with van der Waals surface area (Å²) >= 11 is 1.57. The van der Waals surface area contributed by atoms with Crippen molar-refractivity contribution in [3.8, 4) is 0 Å². The number of nitro groups is 1. The van der Waals surface area contributed by atoms with Crippen molar-refractivity contribution >= 4 is 22.7 Å². The summed E-state index contributed by atoms with van der Waals surface area (Å²) in [4.78, 5) is 15.3. The van der Waals surface area contributed by atoms with Gasteiger partial charge in [0.15, 0.2) is 0 Å². The smallest absolute Gasteiger partial charge is 0.292 e. The van der Waals surface area contributed by atoms with Crippen LogP contribution in [0.5, 0.6) is 0 Å². The van der Waals surface area contributed by atoms with Crippen molar-refractivity contribution in [1.29, 1.82) is 0 Å². The molecule has 5 nitrogen and oxygen atoms in total. The average Bonchev–Trinajstić information content (AvgIpc) is 2.88. The van der Waals surface area contributed by atoms with Gasteiger partial charge in [-0.3, -0.25) is 10.1 Å². The molecule has 0 saturated carbocycles. The monoisotopic (exact) mass is 305 g/mol. The van der Waals surface area contributed by atoms with Crippen LogP contribution in [0.2, 0.25) is 0 Å². The molecular formula is C15H19N3O2S.